The highest BCUT2D eigenvalue weighted by Gasteiger charge is 2.29. The molecule has 1 fully saturated rings. The highest BCUT2D eigenvalue weighted by atomic mass is 16.6. The molecular formula is C36H38N6O5. The van der Waals surface area contributed by atoms with Crippen molar-refractivity contribution in [3.8, 4) is 0 Å². The SMILES string of the molecule is CN1CCN(Cc2ccc(C(=O)Nc3nn(C(=O)OCc4ccccc4)c4cc(C(=O)NC(C)(C)c5ccccc5)oc34)cc2)CC1. The van der Waals surface area contributed by atoms with Crippen LogP contribution in [0.5, 0.6) is 0 Å². The number of carbonyl (C=O) groups is 3. The molecule has 11 nitrogen and oxygen atoms in total. The van der Waals surface area contributed by atoms with Crippen molar-refractivity contribution in [2.75, 3.05) is 38.5 Å². The molecule has 47 heavy (non-hydrogen) atoms. The van der Waals surface area contributed by atoms with E-state index in [9.17, 15) is 14.4 Å². The maximum Gasteiger partial charge on any atom is 0.435 e. The van der Waals surface area contributed by atoms with Crippen LogP contribution in [0.4, 0.5) is 10.6 Å². The topological polar surface area (TPSA) is 122 Å². The van der Waals surface area contributed by atoms with Crippen molar-refractivity contribution in [2.24, 2.45) is 0 Å². The molecule has 0 bridgehead atoms. The second-order valence-electron chi connectivity index (χ2n) is 12.3. The number of aromatic nitrogens is 2. The Morgan fingerprint density at radius 3 is 2.19 bits per heavy atom. The van der Waals surface area contributed by atoms with E-state index in [-0.39, 0.29) is 29.3 Å². The van der Waals surface area contributed by atoms with Crippen LogP contribution in [0.15, 0.2) is 95.4 Å². The van der Waals surface area contributed by atoms with Crippen LogP contribution in [-0.4, -0.2) is 70.7 Å². The zero-order chi connectivity index (χ0) is 33.0. The van der Waals surface area contributed by atoms with Gasteiger partial charge in [-0.05, 0) is 49.7 Å². The second-order valence-corrected chi connectivity index (χ2v) is 12.3. The third-order valence-electron chi connectivity index (χ3n) is 8.33. The summed E-state index contributed by atoms with van der Waals surface area (Å²) < 4.78 is 12.5. The van der Waals surface area contributed by atoms with E-state index in [1.165, 1.54) is 6.07 Å². The van der Waals surface area contributed by atoms with Gasteiger partial charge >= 0.3 is 6.09 Å². The number of benzene rings is 3. The third-order valence-corrected chi connectivity index (χ3v) is 8.33. The Bertz CT molecular complexity index is 1860. The molecule has 0 radical (unpaired) electrons. The molecule has 0 atom stereocenters. The molecule has 5 aromatic rings. The van der Waals surface area contributed by atoms with Gasteiger partial charge in [0.2, 0.25) is 0 Å². The van der Waals surface area contributed by atoms with Crippen molar-refractivity contribution in [1.82, 2.24) is 24.9 Å². The number of anilines is 1. The number of furan rings is 1. The first-order chi connectivity index (χ1) is 22.7. The molecule has 2 aromatic heterocycles. The van der Waals surface area contributed by atoms with Crippen LogP contribution in [0.1, 0.15) is 51.5 Å². The summed E-state index contributed by atoms with van der Waals surface area (Å²) in [4.78, 5) is 44.7. The first-order valence-corrected chi connectivity index (χ1v) is 15.6. The molecule has 0 unspecified atom stereocenters. The smallest absolute Gasteiger partial charge is 0.435 e. The average molecular weight is 635 g/mol. The molecule has 0 aliphatic carbocycles. The maximum absolute atomic E-state index is 13.4. The predicted molar refractivity (Wildman–Crippen MR) is 178 cm³/mol. The number of likely N-dealkylation sites (N-methyl/N-ethyl adjacent to an activating group) is 1. The molecule has 6 rings (SSSR count). The first-order valence-electron chi connectivity index (χ1n) is 15.6. The van der Waals surface area contributed by atoms with Crippen LogP contribution in [0, 0.1) is 0 Å². The Morgan fingerprint density at radius 1 is 0.851 bits per heavy atom. The Balaban J connectivity index is 1.23. The number of fused-ring (bicyclic) bond motifs is 1. The summed E-state index contributed by atoms with van der Waals surface area (Å²) in [6.45, 7) is 8.64. The number of piperazine rings is 1. The number of hydrogen-bond donors (Lipinski definition) is 2. The lowest BCUT2D eigenvalue weighted by Crippen LogP contribution is -2.43. The van der Waals surface area contributed by atoms with E-state index in [0.717, 1.165) is 54.1 Å². The number of nitrogens with one attached hydrogen (secondary N) is 2. The lowest BCUT2D eigenvalue weighted by atomic mass is 9.94. The molecule has 3 heterocycles. The fraction of sp³-hybridized carbons (Fsp3) is 0.278. The number of carbonyl (C=O) groups excluding carboxylic acids is 3. The lowest BCUT2D eigenvalue weighted by Gasteiger charge is -2.32. The molecule has 1 aliphatic heterocycles. The minimum Gasteiger partial charge on any atom is -0.445 e. The number of amides is 2. The van der Waals surface area contributed by atoms with Crippen molar-refractivity contribution < 1.29 is 23.5 Å². The summed E-state index contributed by atoms with van der Waals surface area (Å²) in [5.74, 6) is -0.986. The van der Waals surface area contributed by atoms with Gasteiger partial charge < -0.3 is 24.7 Å². The van der Waals surface area contributed by atoms with Gasteiger partial charge in [-0.3, -0.25) is 14.5 Å². The quantitative estimate of drug-likeness (QED) is 0.219. The Kier molecular flexibility index (Phi) is 9.19. The van der Waals surface area contributed by atoms with Crippen molar-refractivity contribution in [3.63, 3.8) is 0 Å². The van der Waals surface area contributed by atoms with Gasteiger partial charge in [-0.1, -0.05) is 72.8 Å². The van der Waals surface area contributed by atoms with Crippen LogP contribution in [0.2, 0.25) is 0 Å². The zero-order valence-electron chi connectivity index (χ0n) is 26.7. The summed E-state index contributed by atoms with van der Waals surface area (Å²) in [5, 5.41) is 10.1. The van der Waals surface area contributed by atoms with Crippen molar-refractivity contribution in [1.29, 1.82) is 0 Å². The van der Waals surface area contributed by atoms with E-state index in [2.05, 4.69) is 32.6 Å². The van der Waals surface area contributed by atoms with Gasteiger partial charge in [0.1, 0.15) is 12.1 Å². The fourth-order valence-electron chi connectivity index (χ4n) is 5.50. The second kappa shape index (κ2) is 13.6. The van der Waals surface area contributed by atoms with Gasteiger partial charge in [0.25, 0.3) is 11.8 Å². The largest absolute Gasteiger partial charge is 0.445 e. The highest BCUT2D eigenvalue weighted by Crippen LogP contribution is 2.29. The molecule has 11 heteroatoms. The van der Waals surface area contributed by atoms with Crippen LogP contribution in [-0.2, 0) is 23.4 Å². The Labute approximate surface area is 273 Å². The molecule has 2 amide bonds. The van der Waals surface area contributed by atoms with Gasteiger partial charge in [0.15, 0.2) is 17.2 Å². The molecule has 242 valence electrons. The maximum atomic E-state index is 13.4. The van der Waals surface area contributed by atoms with Crippen LogP contribution in [0.3, 0.4) is 0 Å². The summed E-state index contributed by atoms with van der Waals surface area (Å²) >= 11 is 0. The minimum atomic E-state index is -0.787. The molecule has 2 N–H and O–H groups in total. The minimum absolute atomic E-state index is 0.00968. The lowest BCUT2D eigenvalue weighted by molar-refractivity contribution is 0.0885. The van der Waals surface area contributed by atoms with Gasteiger partial charge in [0.05, 0.1) is 5.54 Å². The van der Waals surface area contributed by atoms with Gasteiger partial charge in [-0.25, -0.2) is 4.79 Å². The molecule has 1 aliphatic rings. The van der Waals surface area contributed by atoms with E-state index >= 15 is 0 Å². The zero-order valence-corrected chi connectivity index (χ0v) is 26.7. The van der Waals surface area contributed by atoms with Gasteiger partial charge in [-0.2, -0.15) is 4.68 Å². The van der Waals surface area contributed by atoms with Crippen LogP contribution >= 0.6 is 0 Å². The van der Waals surface area contributed by atoms with Crippen LogP contribution in [0.25, 0.3) is 11.1 Å². The summed E-state index contributed by atoms with van der Waals surface area (Å²) in [7, 11) is 2.13. The van der Waals surface area contributed by atoms with Crippen molar-refractivity contribution in [2.45, 2.75) is 32.5 Å². The number of ether oxygens (including phenoxy) is 1. The van der Waals surface area contributed by atoms with E-state index in [1.54, 1.807) is 12.1 Å². The Hall–Kier alpha value is -5.26. The number of nitrogens with zero attached hydrogens (tertiary/aromatic N) is 4. The number of rotatable bonds is 9. The monoisotopic (exact) mass is 634 g/mol. The highest BCUT2D eigenvalue weighted by molar-refractivity contribution is 6.08. The molecule has 0 spiro atoms. The summed E-state index contributed by atoms with van der Waals surface area (Å²) in [6.07, 6.45) is -0.787. The van der Waals surface area contributed by atoms with Crippen molar-refractivity contribution in [3.05, 3.63) is 119 Å². The van der Waals surface area contributed by atoms with E-state index in [0.29, 0.717) is 5.56 Å². The predicted octanol–water partition coefficient (Wildman–Crippen LogP) is 5.48. The summed E-state index contributed by atoms with van der Waals surface area (Å²) in [6, 6.07) is 27.6. The molecular weight excluding hydrogens is 596 g/mol. The van der Waals surface area contributed by atoms with E-state index < -0.39 is 23.4 Å². The van der Waals surface area contributed by atoms with Gasteiger partial charge in [0, 0.05) is 44.4 Å². The molecule has 0 saturated carbocycles. The molecule has 1 saturated heterocycles. The van der Waals surface area contributed by atoms with Gasteiger partial charge in [-0.15, -0.1) is 5.10 Å². The Morgan fingerprint density at radius 2 is 1.51 bits per heavy atom. The average Bonchev–Trinajstić information content (AvgIpc) is 3.66. The fourth-order valence-corrected chi connectivity index (χ4v) is 5.50. The normalized spacial score (nSPS) is 14.2. The van der Waals surface area contributed by atoms with Crippen molar-refractivity contribution >= 4 is 34.8 Å². The third kappa shape index (κ3) is 7.43. The van der Waals surface area contributed by atoms with E-state index in [4.69, 9.17) is 9.15 Å². The standard InChI is InChI=1S/C36H38N6O5/c1-36(2,28-12-8-5-9-13-28)38-34(44)30-22-29-31(47-30)32(39-42(29)35(45)46-24-26-10-6-4-7-11-26)37-33(43)27-16-14-25(15-17-27)23-41-20-18-40(3)19-21-41/h4-17,22H,18-21,23-24H2,1-3H3,(H,38,44)(H,37,39,43). The number of hydrogen-bond acceptors (Lipinski definition) is 8. The first kappa shape index (κ1) is 31.7. The molecule has 3 aromatic carbocycles. The van der Waals surface area contributed by atoms with E-state index in [1.807, 2.05) is 86.6 Å². The van der Waals surface area contributed by atoms with Crippen LogP contribution < -0.4 is 10.6 Å². The summed E-state index contributed by atoms with van der Waals surface area (Å²) in [5.41, 5.74) is 2.76.